The molecule has 2 N–H and O–H groups in total. The van der Waals surface area contributed by atoms with Crippen molar-refractivity contribution in [1.82, 2.24) is 4.90 Å². The fourth-order valence-electron chi connectivity index (χ4n) is 2.72. The fourth-order valence-corrected chi connectivity index (χ4v) is 2.72. The first-order valence-corrected chi connectivity index (χ1v) is 7.28. The fraction of sp³-hybridized carbons (Fsp3) is 0.929. The van der Waals surface area contributed by atoms with Gasteiger partial charge in [0, 0.05) is 25.6 Å². The van der Waals surface area contributed by atoms with Crippen molar-refractivity contribution in [1.29, 1.82) is 0 Å². The average Bonchev–Trinajstić information content (AvgIpc) is 2.27. The van der Waals surface area contributed by atoms with Gasteiger partial charge >= 0.3 is 0 Å². The molecule has 0 aromatic heterocycles. The molecule has 1 aliphatic carbocycles. The van der Waals surface area contributed by atoms with Crippen LogP contribution in [0.4, 0.5) is 0 Å². The number of hydrogen-bond acceptors (Lipinski definition) is 2. The molecule has 1 rings (SSSR count). The van der Waals surface area contributed by atoms with E-state index in [1.165, 1.54) is 32.1 Å². The Morgan fingerprint density at radius 3 is 2.24 bits per heavy atom. The van der Waals surface area contributed by atoms with Gasteiger partial charge in [0.25, 0.3) is 0 Å². The predicted molar refractivity (Wildman–Crippen MR) is 71.7 cm³/mol. The Morgan fingerprint density at radius 2 is 1.71 bits per heavy atom. The first-order valence-electron chi connectivity index (χ1n) is 7.28. The highest BCUT2D eigenvalue weighted by Gasteiger charge is 2.23. The largest absolute Gasteiger partial charge is 0.341 e. The van der Waals surface area contributed by atoms with Crippen LogP contribution >= 0.6 is 0 Å². The minimum Gasteiger partial charge on any atom is -0.341 e. The van der Waals surface area contributed by atoms with Crippen molar-refractivity contribution in [3.8, 4) is 0 Å². The molecule has 17 heavy (non-hydrogen) atoms. The van der Waals surface area contributed by atoms with E-state index in [1.54, 1.807) is 0 Å². The molecule has 0 saturated heterocycles. The van der Waals surface area contributed by atoms with Crippen LogP contribution in [-0.2, 0) is 4.79 Å². The quantitative estimate of drug-likeness (QED) is 0.802. The molecule has 0 aromatic rings. The van der Waals surface area contributed by atoms with E-state index in [2.05, 4.69) is 6.92 Å². The minimum atomic E-state index is 0.272. The molecule has 0 unspecified atom stereocenters. The molecule has 3 heteroatoms. The van der Waals surface area contributed by atoms with Crippen molar-refractivity contribution in [2.24, 2.45) is 11.7 Å². The van der Waals surface area contributed by atoms with E-state index < -0.39 is 0 Å². The number of carbonyl (C=O) groups is 1. The number of amides is 1. The van der Waals surface area contributed by atoms with E-state index >= 15 is 0 Å². The van der Waals surface area contributed by atoms with E-state index in [0.29, 0.717) is 12.5 Å². The van der Waals surface area contributed by atoms with E-state index in [9.17, 15) is 4.79 Å². The van der Waals surface area contributed by atoms with Gasteiger partial charge in [0.2, 0.25) is 5.91 Å². The normalized spacial score (nSPS) is 18.5. The van der Waals surface area contributed by atoms with Crippen molar-refractivity contribution in [2.75, 3.05) is 19.6 Å². The smallest absolute Gasteiger partial charge is 0.225 e. The topological polar surface area (TPSA) is 46.3 Å². The lowest BCUT2D eigenvalue weighted by molar-refractivity contribution is -0.136. The lowest BCUT2D eigenvalue weighted by Crippen LogP contribution is -2.40. The van der Waals surface area contributed by atoms with Gasteiger partial charge in [-0.1, -0.05) is 39.0 Å². The molecule has 0 radical (unpaired) electrons. The Morgan fingerprint density at radius 1 is 1.12 bits per heavy atom. The first kappa shape index (κ1) is 14.5. The maximum Gasteiger partial charge on any atom is 0.225 e. The van der Waals surface area contributed by atoms with Crippen molar-refractivity contribution in [3.05, 3.63) is 0 Å². The van der Waals surface area contributed by atoms with Gasteiger partial charge in [-0.3, -0.25) is 4.79 Å². The Hall–Kier alpha value is -0.570. The van der Waals surface area contributed by atoms with Gasteiger partial charge in [0.1, 0.15) is 0 Å². The van der Waals surface area contributed by atoms with Crippen LogP contribution in [0.1, 0.15) is 58.3 Å². The second kappa shape index (κ2) is 8.51. The summed E-state index contributed by atoms with van der Waals surface area (Å²) in [6.07, 6.45) is 9.59. The number of nitrogens with zero attached hydrogens (tertiary/aromatic N) is 1. The molecule has 0 atom stereocenters. The first-order chi connectivity index (χ1) is 8.29. The molecule has 1 fully saturated rings. The van der Waals surface area contributed by atoms with E-state index in [0.717, 1.165) is 32.4 Å². The van der Waals surface area contributed by atoms with Crippen LogP contribution in [0.25, 0.3) is 0 Å². The summed E-state index contributed by atoms with van der Waals surface area (Å²) in [5.74, 6) is 0.632. The lowest BCUT2D eigenvalue weighted by atomic mass is 9.90. The van der Waals surface area contributed by atoms with Crippen LogP contribution in [0.15, 0.2) is 0 Å². The van der Waals surface area contributed by atoms with E-state index in [-0.39, 0.29) is 5.92 Å². The third kappa shape index (κ3) is 5.07. The summed E-state index contributed by atoms with van der Waals surface area (Å²) in [7, 11) is 0. The van der Waals surface area contributed by atoms with Crippen LogP contribution in [-0.4, -0.2) is 30.4 Å². The van der Waals surface area contributed by atoms with Crippen LogP contribution in [0.3, 0.4) is 0 Å². The summed E-state index contributed by atoms with van der Waals surface area (Å²) in [5.41, 5.74) is 5.59. The molecular formula is C14H28N2O. The van der Waals surface area contributed by atoms with Crippen molar-refractivity contribution in [2.45, 2.75) is 58.3 Å². The van der Waals surface area contributed by atoms with Gasteiger partial charge in [-0.15, -0.1) is 0 Å². The molecule has 1 amide bonds. The zero-order valence-corrected chi connectivity index (χ0v) is 11.3. The maximum atomic E-state index is 12.4. The van der Waals surface area contributed by atoms with Crippen molar-refractivity contribution >= 4 is 5.91 Å². The molecular weight excluding hydrogens is 212 g/mol. The summed E-state index contributed by atoms with van der Waals surface area (Å²) >= 11 is 0. The van der Waals surface area contributed by atoms with Crippen molar-refractivity contribution < 1.29 is 4.79 Å². The van der Waals surface area contributed by atoms with Crippen LogP contribution < -0.4 is 5.73 Å². The zero-order chi connectivity index (χ0) is 12.5. The molecule has 0 aromatic carbocycles. The predicted octanol–water partition coefficient (Wildman–Crippen LogP) is 2.54. The molecule has 100 valence electrons. The van der Waals surface area contributed by atoms with Crippen LogP contribution in [0.2, 0.25) is 0 Å². The maximum absolute atomic E-state index is 12.4. The third-order valence-electron chi connectivity index (χ3n) is 3.66. The SMILES string of the molecule is CCCN(CCN)C(=O)C1CCCCCCC1. The Bertz CT molecular complexity index is 204. The van der Waals surface area contributed by atoms with Crippen molar-refractivity contribution in [3.63, 3.8) is 0 Å². The molecule has 1 aliphatic rings. The molecule has 0 heterocycles. The summed E-state index contributed by atoms with van der Waals surface area (Å²) < 4.78 is 0. The van der Waals surface area contributed by atoms with Gasteiger partial charge in [0.15, 0.2) is 0 Å². The average molecular weight is 240 g/mol. The second-order valence-electron chi connectivity index (χ2n) is 5.16. The van der Waals surface area contributed by atoms with Gasteiger partial charge in [-0.25, -0.2) is 0 Å². The zero-order valence-electron chi connectivity index (χ0n) is 11.3. The highest BCUT2D eigenvalue weighted by atomic mass is 16.2. The van der Waals surface area contributed by atoms with Crippen LogP contribution in [0, 0.1) is 5.92 Å². The minimum absolute atomic E-state index is 0.272. The van der Waals surface area contributed by atoms with Gasteiger partial charge in [-0.2, -0.15) is 0 Å². The highest BCUT2D eigenvalue weighted by Crippen LogP contribution is 2.24. The molecule has 0 spiro atoms. The molecule has 0 aliphatic heterocycles. The molecule has 0 bridgehead atoms. The summed E-state index contributed by atoms with van der Waals surface area (Å²) in [6.45, 7) is 4.29. The number of hydrogen-bond donors (Lipinski definition) is 1. The Kier molecular flexibility index (Phi) is 7.25. The van der Waals surface area contributed by atoms with Gasteiger partial charge < -0.3 is 10.6 Å². The highest BCUT2D eigenvalue weighted by molar-refractivity contribution is 5.78. The number of nitrogens with two attached hydrogens (primary N) is 1. The Labute approximate surface area is 106 Å². The third-order valence-corrected chi connectivity index (χ3v) is 3.66. The van der Waals surface area contributed by atoms with Gasteiger partial charge in [-0.05, 0) is 19.3 Å². The number of rotatable bonds is 5. The molecule has 1 saturated carbocycles. The van der Waals surface area contributed by atoms with E-state index in [4.69, 9.17) is 5.73 Å². The summed E-state index contributed by atoms with van der Waals surface area (Å²) in [5, 5.41) is 0. The Balaban J connectivity index is 2.50. The van der Waals surface area contributed by atoms with Gasteiger partial charge in [0.05, 0.1) is 0 Å². The summed E-state index contributed by atoms with van der Waals surface area (Å²) in [4.78, 5) is 14.4. The molecule has 3 nitrogen and oxygen atoms in total. The summed E-state index contributed by atoms with van der Waals surface area (Å²) in [6, 6.07) is 0. The number of carbonyl (C=O) groups excluding carboxylic acids is 1. The standard InChI is InChI=1S/C14H28N2O/c1-2-11-16(12-10-15)14(17)13-8-6-4-3-5-7-9-13/h13H,2-12,15H2,1H3. The second-order valence-corrected chi connectivity index (χ2v) is 5.16. The monoisotopic (exact) mass is 240 g/mol. The lowest BCUT2D eigenvalue weighted by Gasteiger charge is -2.27. The van der Waals surface area contributed by atoms with E-state index in [1.807, 2.05) is 4.90 Å². The van der Waals surface area contributed by atoms with Crippen LogP contribution in [0.5, 0.6) is 0 Å².